The third-order valence-electron chi connectivity index (χ3n) is 5.69. The third-order valence-corrected chi connectivity index (χ3v) is 5.69. The molecule has 1 aliphatic rings. The van der Waals surface area contributed by atoms with Gasteiger partial charge in [0.15, 0.2) is 0 Å². The van der Waals surface area contributed by atoms with Gasteiger partial charge in [0, 0.05) is 41.5 Å². The summed E-state index contributed by atoms with van der Waals surface area (Å²) in [7, 11) is 0. The highest BCUT2D eigenvalue weighted by Gasteiger charge is 2.27. The van der Waals surface area contributed by atoms with Crippen LogP contribution >= 0.6 is 0 Å². The average Bonchev–Trinajstić information content (AvgIpc) is 3.50. The summed E-state index contributed by atoms with van der Waals surface area (Å²) in [5.74, 6) is 0.964. The summed E-state index contributed by atoms with van der Waals surface area (Å²) in [6.07, 6.45) is 0.933. The van der Waals surface area contributed by atoms with Gasteiger partial charge in [0.2, 0.25) is 11.8 Å². The molecular formula is C26H24N4O2. The molecule has 3 aromatic carbocycles. The number of carbonyl (C=O) groups is 1. The highest BCUT2D eigenvalue weighted by atomic mass is 16.4. The molecule has 0 spiro atoms. The quantitative estimate of drug-likeness (QED) is 0.486. The number of amides is 1. The van der Waals surface area contributed by atoms with E-state index < -0.39 is 0 Å². The summed E-state index contributed by atoms with van der Waals surface area (Å²) >= 11 is 0. The monoisotopic (exact) mass is 424 g/mol. The van der Waals surface area contributed by atoms with Crippen LogP contribution in [0.4, 0.5) is 5.69 Å². The van der Waals surface area contributed by atoms with Crippen molar-refractivity contribution < 1.29 is 9.21 Å². The maximum Gasteiger partial charge on any atom is 0.253 e. The highest BCUT2D eigenvalue weighted by molar-refractivity contribution is 5.94. The van der Waals surface area contributed by atoms with Crippen molar-refractivity contribution in [2.75, 3.05) is 18.4 Å². The van der Waals surface area contributed by atoms with Gasteiger partial charge in [0.1, 0.15) is 0 Å². The van der Waals surface area contributed by atoms with Crippen LogP contribution in [0.15, 0.2) is 83.3 Å². The Bertz CT molecular complexity index is 1220. The van der Waals surface area contributed by atoms with Gasteiger partial charge < -0.3 is 14.6 Å². The largest absolute Gasteiger partial charge is 0.416 e. The molecule has 1 saturated heterocycles. The molecule has 0 bridgehead atoms. The van der Waals surface area contributed by atoms with E-state index in [0.29, 0.717) is 23.9 Å². The van der Waals surface area contributed by atoms with Crippen molar-refractivity contribution in [2.24, 2.45) is 0 Å². The topological polar surface area (TPSA) is 71.3 Å². The van der Waals surface area contributed by atoms with Crippen LogP contribution in [-0.2, 0) is 0 Å². The molecule has 1 N–H and O–H groups in total. The second-order valence-electron chi connectivity index (χ2n) is 8.11. The number of hydrogen-bond acceptors (Lipinski definition) is 5. The molecule has 2 heterocycles. The predicted molar refractivity (Wildman–Crippen MR) is 124 cm³/mol. The Morgan fingerprint density at radius 2 is 1.69 bits per heavy atom. The summed E-state index contributed by atoms with van der Waals surface area (Å²) < 4.78 is 5.86. The first-order chi connectivity index (χ1) is 15.7. The first-order valence-corrected chi connectivity index (χ1v) is 10.8. The van der Waals surface area contributed by atoms with Gasteiger partial charge in [-0.05, 0) is 61.9 Å². The van der Waals surface area contributed by atoms with Crippen LogP contribution in [0.1, 0.15) is 22.3 Å². The van der Waals surface area contributed by atoms with Gasteiger partial charge in [-0.25, -0.2) is 0 Å². The van der Waals surface area contributed by atoms with E-state index in [9.17, 15) is 4.79 Å². The van der Waals surface area contributed by atoms with Crippen LogP contribution in [0, 0.1) is 6.92 Å². The fraction of sp³-hybridized carbons (Fsp3) is 0.192. The Morgan fingerprint density at radius 1 is 0.938 bits per heavy atom. The van der Waals surface area contributed by atoms with E-state index in [0.717, 1.165) is 35.3 Å². The van der Waals surface area contributed by atoms with Gasteiger partial charge >= 0.3 is 0 Å². The minimum Gasteiger partial charge on any atom is -0.416 e. The van der Waals surface area contributed by atoms with Crippen LogP contribution < -0.4 is 5.32 Å². The second-order valence-corrected chi connectivity index (χ2v) is 8.11. The fourth-order valence-electron chi connectivity index (χ4n) is 4.01. The van der Waals surface area contributed by atoms with Crippen LogP contribution in [0.5, 0.6) is 0 Å². The van der Waals surface area contributed by atoms with Crippen LogP contribution in [0.3, 0.4) is 0 Å². The predicted octanol–water partition coefficient (Wildman–Crippen LogP) is 5.04. The van der Waals surface area contributed by atoms with Gasteiger partial charge in [0.05, 0.1) is 0 Å². The lowest BCUT2D eigenvalue weighted by Crippen LogP contribution is -2.31. The SMILES string of the molecule is Cc1cccc(-c2nnc(-c3ccc(C(=O)N4CCC(Nc5ccccc5)C4)cc3)o2)c1. The molecule has 1 aromatic heterocycles. The van der Waals surface area contributed by atoms with Crippen molar-refractivity contribution in [2.45, 2.75) is 19.4 Å². The van der Waals surface area contributed by atoms with E-state index >= 15 is 0 Å². The molecule has 32 heavy (non-hydrogen) atoms. The summed E-state index contributed by atoms with van der Waals surface area (Å²) in [4.78, 5) is 14.9. The Balaban J connectivity index is 1.24. The summed E-state index contributed by atoms with van der Waals surface area (Å²) in [5.41, 5.74) is 4.56. The lowest BCUT2D eigenvalue weighted by molar-refractivity contribution is 0.0791. The molecule has 1 fully saturated rings. The van der Waals surface area contributed by atoms with E-state index in [2.05, 4.69) is 15.5 Å². The number of carbonyl (C=O) groups excluding carboxylic acids is 1. The molecule has 5 rings (SSSR count). The first-order valence-electron chi connectivity index (χ1n) is 10.8. The molecule has 0 aliphatic carbocycles. The number of aromatic nitrogens is 2. The summed E-state index contributed by atoms with van der Waals surface area (Å²) in [6, 6.07) is 25.7. The fourth-order valence-corrected chi connectivity index (χ4v) is 4.01. The number of nitrogens with zero attached hydrogens (tertiary/aromatic N) is 3. The molecular weight excluding hydrogens is 400 g/mol. The molecule has 6 heteroatoms. The lowest BCUT2D eigenvalue weighted by atomic mass is 10.1. The zero-order valence-electron chi connectivity index (χ0n) is 17.9. The van der Waals surface area contributed by atoms with E-state index in [4.69, 9.17) is 4.42 Å². The van der Waals surface area contributed by atoms with E-state index in [-0.39, 0.29) is 11.9 Å². The normalized spacial score (nSPS) is 15.7. The third kappa shape index (κ3) is 4.25. The molecule has 160 valence electrons. The van der Waals surface area contributed by atoms with Crippen molar-refractivity contribution >= 4 is 11.6 Å². The molecule has 4 aromatic rings. The maximum absolute atomic E-state index is 13.0. The molecule has 0 radical (unpaired) electrons. The smallest absolute Gasteiger partial charge is 0.253 e. The van der Waals surface area contributed by atoms with E-state index in [1.54, 1.807) is 0 Å². The minimum absolute atomic E-state index is 0.0416. The number of likely N-dealkylation sites (tertiary alicyclic amines) is 1. The molecule has 1 atom stereocenters. The standard InChI is InChI=1S/C26H24N4O2/c1-18-6-5-7-21(16-18)25-29-28-24(32-25)19-10-12-20(13-11-19)26(31)30-15-14-23(17-30)27-22-8-3-2-4-9-22/h2-13,16,23,27H,14-15,17H2,1H3. The Kier molecular flexibility index (Phi) is 5.42. The van der Waals surface area contributed by atoms with E-state index in [1.165, 1.54) is 0 Å². The zero-order chi connectivity index (χ0) is 21.9. The average molecular weight is 425 g/mol. The maximum atomic E-state index is 13.0. The lowest BCUT2D eigenvalue weighted by Gasteiger charge is -2.18. The van der Waals surface area contributed by atoms with Crippen LogP contribution in [0.25, 0.3) is 22.9 Å². The van der Waals surface area contributed by atoms with Crippen molar-refractivity contribution in [1.29, 1.82) is 0 Å². The number of para-hydroxylation sites is 1. The van der Waals surface area contributed by atoms with Gasteiger partial charge in [-0.15, -0.1) is 10.2 Å². The Hall–Kier alpha value is -3.93. The number of anilines is 1. The van der Waals surface area contributed by atoms with Gasteiger partial charge in [-0.2, -0.15) is 0 Å². The second kappa shape index (κ2) is 8.67. The van der Waals surface area contributed by atoms with Crippen LogP contribution in [0.2, 0.25) is 0 Å². The van der Waals surface area contributed by atoms with Gasteiger partial charge in [-0.1, -0.05) is 35.9 Å². The highest BCUT2D eigenvalue weighted by Crippen LogP contribution is 2.25. The molecule has 6 nitrogen and oxygen atoms in total. The summed E-state index contributed by atoms with van der Waals surface area (Å²) in [5, 5.41) is 11.8. The number of hydrogen-bond donors (Lipinski definition) is 1. The first kappa shape index (κ1) is 20.0. The zero-order valence-corrected chi connectivity index (χ0v) is 17.9. The molecule has 0 saturated carbocycles. The van der Waals surface area contributed by atoms with Crippen molar-refractivity contribution in [3.8, 4) is 22.9 Å². The van der Waals surface area contributed by atoms with Crippen molar-refractivity contribution in [3.63, 3.8) is 0 Å². The summed E-state index contributed by atoms with van der Waals surface area (Å²) in [6.45, 7) is 3.46. The number of nitrogens with one attached hydrogen (secondary N) is 1. The number of benzene rings is 3. The molecule has 1 unspecified atom stereocenters. The Labute approximate surface area is 186 Å². The molecule has 1 amide bonds. The van der Waals surface area contributed by atoms with Crippen molar-refractivity contribution in [1.82, 2.24) is 15.1 Å². The van der Waals surface area contributed by atoms with E-state index in [1.807, 2.05) is 90.7 Å². The number of aryl methyl sites for hydroxylation is 1. The van der Waals surface area contributed by atoms with Crippen LogP contribution in [-0.4, -0.2) is 40.1 Å². The number of rotatable bonds is 5. The van der Waals surface area contributed by atoms with Gasteiger partial charge in [0.25, 0.3) is 5.91 Å². The minimum atomic E-state index is 0.0416. The molecule has 1 aliphatic heterocycles. The Morgan fingerprint density at radius 3 is 2.44 bits per heavy atom. The van der Waals surface area contributed by atoms with Gasteiger partial charge in [-0.3, -0.25) is 4.79 Å². The van der Waals surface area contributed by atoms with Crippen molar-refractivity contribution in [3.05, 3.63) is 90.0 Å².